The van der Waals surface area contributed by atoms with Crippen molar-refractivity contribution in [3.8, 4) is 18.6 Å². The molecule has 0 amide bonds. The molecule has 2 unspecified atom stereocenters. The Morgan fingerprint density at radius 1 is 1.15 bits per heavy atom. The molecule has 0 radical (unpaired) electrons. The van der Waals surface area contributed by atoms with E-state index in [9.17, 15) is 5.11 Å². The van der Waals surface area contributed by atoms with Gasteiger partial charge in [-0.25, -0.2) is 4.98 Å². The fourth-order valence-corrected chi connectivity index (χ4v) is 5.29. The fraction of sp³-hybridized carbons (Fsp3) is 0.541. The molecule has 0 bridgehead atoms. The van der Waals surface area contributed by atoms with Crippen LogP contribution < -0.4 is 21.3 Å². The highest BCUT2D eigenvalue weighted by Crippen LogP contribution is 2.32. The summed E-state index contributed by atoms with van der Waals surface area (Å²) in [7, 11) is 8.96. The third kappa shape index (κ3) is 12.1. The quantitative estimate of drug-likeness (QED) is 0.128. The Hall–Kier alpha value is -3.87. The van der Waals surface area contributed by atoms with Crippen molar-refractivity contribution in [2.24, 2.45) is 0 Å². The minimum atomic E-state index is -0.0491. The first-order valence-electron chi connectivity index (χ1n) is 16.2. The summed E-state index contributed by atoms with van der Waals surface area (Å²) in [5, 5.41) is 16.2. The number of terminal acetylenes is 1. The van der Waals surface area contributed by atoms with Crippen molar-refractivity contribution in [1.82, 2.24) is 14.8 Å². The van der Waals surface area contributed by atoms with Gasteiger partial charge < -0.3 is 40.7 Å². The number of anilines is 5. The molecule has 2 aliphatic rings. The maximum Gasteiger partial charge on any atom is 0.168 e. The molecule has 2 fully saturated rings. The zero-order valence-electron chi connectivity index (χ0n) is 29.5. The Bertz CT molecular complexity index is 1210. The average Bonchev–Trinajstić information content (AvgIpc) is 3.76. The van der Waals surface area contributed by atoms with Gasteiger partial charge in [-0.15, -0.1) is 19.4 Å². The lowest BCUT2D eigenvalue weighted by molar-refractivity contribution is -0.911. The second kappa shape index (κ2) is 21.0. The summed E-state index contributed by atoms with van der Waals surface area (Å²) in [6, 6.07) is 11.3. The number of likely N-dealkylation sites (tertiary alicyclic amines) is 1. The number of hydrogen-bond acceptors (Lipinski definition) is 8. The van der Waals surface area contributed by atoms with Gasteiger partial charge in [-0.05, 0) is 65.6 Å². The number of allylic oxidation sites excluding steroid dienone is 2. The van der Waals surface area contributed by atoms with Crippen LogP contribution in [0.3, 0.4) is 0 Å². The predicted molar refractivity (Wildman–Crippen MR) is 203 cm³/mol. The number of benzene rings is 1. The van der Waals surface area contributed by atoms with Crippen molar-refractivity contribution >= 4 is 28.7 Å². The molecule has 5 N–H and O–H groups in total. The Labute approximate surface area is 281 Å². The third-order valence-corrected chi connectivity index (χ3v) is 8.74. The maximum atomic E-state index is 9.82. The minimum absolute atomic E-state index is 0. The van der Waals surface area contributed by atoms with Crippen molar-refractivity contribution in [2.75, 3.05) is 88.7 Å². The number of pyridine rings is 1. The molecule has 46 heavy (non-hydrogen) atoms. The van der Waals surface area contributed by atoms with E-state index in [1.807, 2.05) is 26.0 Å². The summed E-state index contributed by atoms with van der Waals surface area (Å²) in [5.41, 5.74) is 9.98. The van der Waals surface area contributed by atoms with Crippen LogP contribution in [0.2, 0.25) is 0 Å². The summed E-state index contributed by atoms with van der Waals surface area (Å²) in [4.78, 5) is 11.5. The second-order valence-corrected chi connectivity index (χ2v) is 11.9. The zero-order chi connectivity index (χ0) is 34.2. The van der Waals surface area contributed by atoms with Gasteiger partial charge >= 0.3 is 0 Å². The van der Waals surface area contributed by atoms with Crippen LogP contribution in [0.15, 0.2) is 54.8 Å². The number of likely N-dealkylation sites (N-methyl/N-ethyl adjacent to an activating group) is 2. The third-order valence-electron chi connectivity index (χ3n) is 8.74. The molecule has 2 aliphatic heterocycles. The highest BCUT2D eigenvalue weighted by atomic mass is 16.3. The van der Waals surface area contributed by atoms with Gasteiger partial charge in [-0.1, -0.05) is 33.4 Å². The molecule has 2 aromatic rings. The average molecular weight is 638 g/mol. The first kappa shape index (κ1) is 42.1. The summed E-state index contributed by atoms with van der Waals surface area (Å²) in [6.07, 6.45) is 14.5. The summed E-state index contributed by atoms with van der Waals surface area (Å²) in [6.45, 7) is 20.7. The smallest absolute Gasteiger partial charge is 0.168 e. The molecule has 1 aromatic heterocycles. The Balaban J connectivity index is 0.000000904. The van der Waals surface area contributed by atoms with Gasteiger partial charge in [-0.2, -0.15) is 0 Å². The van der Waals surface area contributed by atoms with Crippen LogP contribution >= 0.6 is 0 Å². The lowest BCUT2D eigenvalue weighted by atomic mass is 10.2. The lowest BCUT2D eigenvalue weighted by Gasteiger charge is -2.35. The molecule has 2 atom stereocenters. The Morgan fingerprint density at radius 3 is 2.30 bits per heavy atom. The molecule has 9 nitrogen and oxygen atoms in total. The minimum Gasteiger partial charge on any atom is -0.504 e. The van der Waals surface area contributed by atoms with E-state index in [-0.39, 0.29) is 19.0 Å². The highest BCUT2D eigenvalue weighted by molar-refractivity contribution is 5.75. The molecule has 2 saturated heterocycles. The van der Waals surface area contributed by atoms with E-state index >= 15 is 0 Å². The largest absolute Gasteiger partial charge is 0.504 e. The molecular formula is C37H65N8O+. The number of nitrogens with zero attached hydrogens (tertiary/aromatic N) is 5. The van der Waals surface area contributed by atoms with E-state index in [4.69, 9.17) is 5.73 Å². The standard InChI is InChI=1S/C20H28N6O.C12H25N2.C2H6.C2H2.CH4/c1-4-10-22-17-12-18(27)19(21)24-20(17)23-14-5-7-15(8-6-14)26-11-9-16(13-26)25(2)3;1-6-11(3)13-9-8-12(10-13)14(4,5)7-2;2*1-2;/h4-8,12,16,22,27H,1,9-11,13H2,2-3H3,(H3,21,23,24);6,12H,7-10H2,1-5H3;1-2H3;1-2H;1H4/q;+1;;;/b;11-6+;;;. The SMILES string of the molecule is C.C#C.C/C=C(\C)N1CCC([N+](C)(C)CC)C1.C=CCNc1cc(O)c(N)nc1Nc1ccc(N2CCC(N(C)C)C2)cc1.CC. The van der Waals surface area contributed by atoms with Crippen LogP contribution in [0.25, 0.3) is 0 Å². The number of hydrogen-bond donors (Lipinski definition) is 4. The van der Waals surface area contributed by atoms with Crippen molar-refractivity contribution in [3.63, 3.8) is 0 Å². The monoisotopic (exact) mass is 638 g/mol. The van der Waals surface area contributed by atoms with Crippen LogP contribution in [0.4, 0.5) is 28.7 Å². The van der Waals surface area contributed by atoms with Crippen LogP contribution in [0.1, 0.15) is 54.9 Å². The van der Waals surface area contributed by atoms with Gasteiger partial charge in [-0.3, -0.25) is 0 Å². The molecule has 9 heteroatoms. The van der Waals surface area contributed by atoms with Crippen LogP contribution in [0.5, 0.6) is 5.75 Å². The van der Waals surface area contributed by atoms with Gasteiger partial charge in [0, 0.05) is 61.8 Å². The van der Waals surface area contributed by atoms with Crippen LogP contribution in [-0.2, 0) is 0 Å². The molecular weight excluding hydrogens is 572 g/mol. The van der Waals surface area contributed by atoms with Gasteiger partial charge in [0.05, 0.1) is 32.9 Å². The lowest BCUT2D eigenvalue weighted by Crippen LogP contribution is -2.49. The molecule has 4 rings (SSSR count). The highest BCUT2D eigenvalue weighted by Gasteiger charge is 2.33. The Morgan fingerprint density at radius 2 is 1.78 bits per heavy atom. The van der Waals surface area contributed by atoms with E-state index in [1.165, 1.54) is 43.9 Å². The summed E-state index contributed by atoms with van der Waals surface area (Å²) >= 11 is 0. The van der Waals surface area contributed by atoms with Crippen LogP contribution in [0, 0.1) is 12.8 Å². The van der Waals surface area contributed by atoms with E-state index in [1.54, 1.807) is 12.1 Å². The molecule has 3 heterocycles. The van der Waals surface area contributed by atoms with E-state index in [0.29, 0.717) is 24.1 Å². The van der Waals surface area contributed by atoms with Crippen molar-refractivity contribution in [2.45, 2.75) is 67.0 Å². The molecule has 258 valence electrons. The van der Waals surface area contributed by atoms with E-state index < -0.39 is 0 Å². The number of aromatic hydroxyl groups is 1. The number of nitrogens with one attached hydrogen (secondary N) is 2. The number of rotatable bonds is 10. The Kier molecular flexibility index (Phi) is 19.3. The zero-order valence-corrected chi connectivity index (χ0v) is 29.5. The number of quaternary nitrogens is 1. The fourth-order valence-electron chi connectivity index (χ4n) is 5.29. The van der Waals surface area contributed by atoms with Gasteiger partial charge in [0.1, 0.15) is 6.04 Å². The van der Waals surface area contributed by atoms with Crippen molar-refractivity contribution < 1.29 is 9.59 Å². The molecule has 0 aliphatic carbocycles. The van der Waals surface area contributed by atoms with Gasteiger partial charge in [0.15, 0.2) is 17.4 Å². The molecule has 0 spiro atoms. The van der Waals surface area contributed by atoms with E-state index in [2.05, 4.69) is 117 Å². The van der Waals surface area contributed by atoms with Crippen molar-refractivity contribution in [3.05, 3.63) is 54.8 Å². The normalized spacial score (nSPS) is 17.3. The summed E-state index contributed by atoms with van der Waals surface area (Å²) in [5.74, 6) is 0.603. The topological polar surface area (TPSA) is 92.9 Å². The number of aromatic nitrogens is 1. The first-order chi connectivity index (χ1) is 21.5. The van der Waals surface area contributed by atoms with Crippen LogP contribution in [-0.4, -0.2) is 104 Å². The second-order valence-electron chi connectivity index (χ2n) is 11.9. The number of nitrogen functional groups attached to an aromatic ring is 1. The molecule has 0 saturated carbocycles. The van der Waals surface area contributed by atoms with Crippen molar-refractivity contribution in [1.29, 1.82) is 0 Å². The van der Waals surface area contributed by atoms with Gasteiger partial charge in [0.2, 0.25) is 0 Å². The van der Waals surface area contributed by atoms with Gasteiger partial charge in [0.25, 0.3) is 0 Å². The maximum absolute atomic E-state index is 9.82. The number of nitrogens with two attached hydrogens (primary N) is 1. The first-order valence-corrected chi connectivity index (χ1v) is 16.2. The van der Waals surface area contributed by atoms with E-state index in [0.717, 1.165) is 29.3 Å². The predicted octanol–water partition coefficient (Wildman–Crippen LogP) is 6.84. The molecule has 1 aromatic carbocycles. The summed E-state index contributed by atoms with van der Waals surface area (Å²) < 4.78 is 1.16.